The molecule has 0 fully saturated rings. The Kier molecular flexibility index (Phi) is 4.46. The zero-order chi connectivity index (χ0) is 16.5. The topological polar surface area (TPSA) is 34.9 Å². The van der Waals surface area contributed by atoms with Gasteiger partial charge in [0.05, 0.1) is 5.39 Å². The Labute approximate surface area is 149 Å². The number of aromatic nitrogens is 2. The van der Waals surface area contributed by atoms with Crippen LogP contribution in [0.2, 0.25) is 0 Å². The normalized spacial score (nSPS) is 13.5. The standard InChI is InChI=1S/C19H20N2OS2/c1-21-18(22)16-14-10-5-11-15(14)24-17(16)20-19(21)23-12-6-9-13-7-3-2-4-8-13/h2-4,7-8H,5-6,9-12H2,1H3. The van der Waals surface area contributed by atoms with Crippen LogP contribution in [0.4, 0.5) is 0 Å². The van der Waals surface area contributed by atoms with E-state index in [2.05, 4.69) is 24.3 Å². The van der Waals surface area contributed by atoms with Crippen LogP contribution < -0.4 is 5.56 Å². The minimum absolute atomic E-state index is 0.130. The lowest BCUT2D eigenvalue weighted by Gasteiger charge is -2.07. The van der Waals surface area contributed by atoms with Crippen molar-refractivity contribution in [2.45, 2.75) is 37.3 Å². The number of rotatable bonds is 5. The maximum absolute atomic E-state index is 12.7. The molecule has 0 amide bonds. The molecule has 5 heteroatoms. The zero-order valence-electron chi connectivity index (χ0n) is 13.7. The molecule has 3 aromatic rings. The highest BCUT2D eigenvalue weighted by atomic mass is 32.2. The van der Waals surface area contributed by atoms with Gasteiger partial charge in [0.15, 0.2) is 5.16 Å². The monoisotopic (exact) mass is 356 g/mol. The minimum atomic E-state index is 0.130. The Balaban J connectivity index is 1.50. The van der Waals surface area contributed by atoms with E-state index in [1.54, 1.807) is 27.7 Å². The Morgan fingerprint density at radius 3 is 2.92 bits per heavy atom. The second-order valence-electron chi connectivity index (χ2n) is 6.23. The van der Waals surface area contributed by atoms with Crippen molar-refractivity contribution in [3.8, 4) is 0 Å². The molecule has 1 aliphatic rings. The van der Waals surface area contributed by atoms with Gasteiger partial charge in [0, 0.05) is 17.7 Å². The zero-order valence-corrected chi connectivity index (χ0v) is 15.4. The molecule has 0 bridgehead atoms. The van der Waals surface area contributed by atoms with Crippen molar-refractivity contribution in [3.63, 3.8) is 0 Å². The molecule has 24 heavy (non-hydrogen) atoms. The fourth-order valence-corrected chi connectivity index (χ4v) is 5.53. The summed E-state index contributed by atoms with van der Waals surface area (Å²) in [5.41, 5.74) is 2.76. The third kappa shape index (κ3) is 2.91. The Bertz CT molecular complexity index is 928. The lowest BCUT2D eigenvalue weighted by molar-refractivity contribution is 0.726. The van der Waals surface area contributed by atoms with Gasteiger partial charge < -0.3 is 0 Å². The number of nitrogens with zero attached hydrogens (tertiary/aromatic N) is 2. The average molecular weight is 357 g/mol. The molecular formula is C19H20N2OS2. The summed E-state index contributed by atoms with van der Waals surface area (Å²) < 4.78 is 1.74. The summed E-state index contributed by atoms with van der Waals surface area (Å²) in [5, 5.41) is 1.73. The predicted octanol–water partition coefficient (Wildman–Crippen LogP) is 4.21. The number of hydrogen-bond acceptors (Lipinski definition) is 4. The first-order valence-electron chi connectivity index (χ1n) is 8.42. The second-order valence-corrected chi connectivity index (χ2v) is 8.38. The second kappa shape index (κ2) is 6.73. The van der Waals surface area contributed by atoms with Crippen molar-refractivity contribution >= 4 is 33.3 Å². The summed E-state index contributed by atoms with van der Waals surface area (Å²) in [4.78, 5) is 19.8. The highest BCUT2D eigenvalue weighted by molar-refractivity contribution is 7.99. The van der Waals surface area contributed by atoms with Crippen LogP contribution in [0.3, 0.4) is 0 Å². The minimum Gasteiger partial charge on any atom is -0.290 e. The van der Waals surface area contributed by atoms with E-state index in [9.17, 15) is 4.79 Å². The van der Waals surface area contributed by atoms with Gasteiger partial charge in [0.2, 0.25) is 0 Å². The average Bonchev–Trinajstić information content (AvgIpc) is 3.17. The van der Waals surface area contributed by atoms with E-state index in [-0.39, 0.29) is 5.56 Å². The molecule has 0 saturated carbocycles. The molecule has 4 rings (SSSR count). The lowest BCUT2D eigenvalue weighted by Crippen LogP contribution is -2.20. The van der Waals surface area contributed by atoms with E-state index < -0.39 is 0 Å². The van der Waals surface area contributed by atoms with Crippen LogP contribution in [0.25, 0.3) is 10.2 Å². The SMILES string of the molecule is Cn1c(SCCCc2ccccc2)nc2sc3c(c2c1=O)CCC3. The number of fused-ring (bicyclic) bond motifs is 3. The highest BCUT2D eigenvalue weighted by Crippen LogP contribution is 2.35. The molecule has 1 aromatic carbocycles. The number of thioether (sulfide) groups is 1. The highest BCUT2D eigenvalue weighted by Gasteiger charge is 2.22. The van der Waals surface area contributed by atoms with Crippen LogP contribution in [0.1, 0.15) is 28.8 Å². The summed E-state index contributed by atoms with van der Waals surface area (Å²) in [6, 6.07) is 10.5. The fraction of sp³-hybridized carbons (Fsp3) is 0.368. The number of aryl methyl sites for hydroxylation is 3. The molecule has 2 aromatic heterocycles. The first-order valence-corrected chi connectivity index (χ1v) is 10.2. The van der Waals surface area contributed by atoms with E-state index in [1.165, 1.54) is 22.4 Å². The number of benzene rings is 1. The molecule has 124 valence electrons. The number of hydrogen-bond donors (Lipinski definition) is 0. The van der Waals surface area contributed by atoms with Gasteiger partial charge in [0.25, 0.3) is 5.56 Å². The van der Waals surface area contributed by atoms with E-state index in [0.717, 1.165) is 46.8 Å². The van der Waals surface area contributed by atoms with Gasteiger partial charge in [-0.1, -0.05) is 42.1 Å². The number of thiophene rings is 1. The van der Waals surface area contributed by atoms with E-state index in [0.29, 0.717) is 0 Å². The quantitative estimate of drug-likeness (QED) is 0.390. The van der Waals surface area contributed by atoms with E-state index in [4.69, 9.17) is 4.98 Å². The third-order valence-electron chi connectivity index (χ3n) is 4.59. The van der Waals surface area contributed by atoms with Gasteiger partial charge in [-0.25, -0.2) is 4.98 Å². The Morgan fingerprint density at radius 1 is 1.25 bits per heavy atom. The maximum atomic E-state index is 12.7. The predicted molar refractivity (Wildman–Crippen MR) is 102 cm³/mol. The first kappa shape index (κ1) is 15.9. The molecule has 0 spiro atoms. The van der Waals surface area contributed by atoms with Crippen LogP contribution in [0.5, 0.6) is 0 Å². The Hall–Kier alpha value is -1.59. The smallest absolute Gasteiger partial charge is 0.262 e. The van der Waals surface area contributed by atoms with Crippen molar-refractivity contribution < 1.29 is 0 Å². The molecule has 0 aliphatic heterocycles. The molecule has 0 N–H and O–H groups in total. The van der Waals surface area contributed by atoms with Gasteiger partial charge in [-0.2, -0.15) is 0 Å². The van der Waals surface area contributed by atoms with Crippen LogP contribution >= 0.6 is 23.1 Å². The fourth-order valence-electron chi connectivity index (χ4n) is 3.32. The Morgan fingerprint density at radius 2 is 2.08 bits per heavy atom. The molecule has 0 atom stereocenters. The van der Waals surface area contributed by atoms with Crippen LogP contribution in [0, 0.1) is 0 Å². The summed E-state index contributed by atoms with van der Waals surface area (Å²) in [6.07, 6.45) is 5.48. The summed E-state index contributed by atoms with van der Waals surface area (Å²) in [5.74, 6) is 0.978. The van der Waals surface area contributed by atoms with Crippen LogP contribution in [0.15, 0.2) is 40.3 Å². The van der Waals surface area contributed by atoms with Crippen molar-refractivity contribution in [1.29, 1.82) is 0 Å². The molecule has 0 unspecified atom stereocenters. The van der Waals surface area contributed by atoms with Gasteiger partial charge >= 0.3 is 0 Å². The van der Waals surface area contributed by atoms with Crippen molar-refractivity contribution in [2.75, 3.05) is 5.75 Å². The van der Waals surface area contributed by atoms with E-state index in [1.807, 2.05) is 13.1 Å². The molecule has 0 saturated heterocycles. The van der Waals surface area contributed by atoms with Crippen molar-refractivity contribution in [1.82, 2.24) is 9.55 Å². The molecule has 0 radical (unpaired) electrons. The summed E-state index contributed by atoms with van der Waals surface area (Å²) in [6.45, 7) is 0. The van der Waals surface area contributed by atoms with E-state index >= 15 is 0 Å². The van der Waals surface area contributed by atoms with Crippen molar-refractivity contribution in [3.05, 3.63) is 56.7 Å². The lowest BCUT2D eigenvalue weighted by atomic mass is 10.1. The van der Waals surface area contributed by atoms with Gasteiger partial charge in [-0.3, -0.25) is 9.36 Å². The van der Waals surface area contributed by atoms with Crippen molar-refractivity contribution in [2.24, 2.45) is 7.05 Å². The first-order chi connectivity index (χ1) is 11.7. The molecule has 2 heterocycles. The molecular weight excluding hydrogens is 336 g/mol. The van der Waals surface area contributed by atoms with Gasteiger partial charge in [-0.05, 0) is 43.2 Å². The largest absolute Gasteiger partial charge is 0.290 e. The third-order valence-corrected chi connectivity index (χ3v) is 6.89. The van der Waals surface area contributed by atoms with Gasteiger partial charge in [0.1, 0.15) is 4.83 Å². The summed E-state index contributed by atoms with van der Waals surface area (Å²) in [7, 11) is 1.85. The van der Waals surface area contributed by atoms with Gasteiger partial charge in [-0.15, -0.1) is 11.3 Å². The summed E-state index contributed by atoms with van der Waals surface area (Å²) >= 11 is 3.42. The maximum Gasteiger partial charge on any atom is 0.262 e. The molecule has 1 aliphatic carbocycles. The molecule has 3 nitrogen and oxygen atoms in total. The van der Waals surface area contributed by atoms with Crippen LogP contribution in [-0.2, 0) is 26.3 Å². The van der Waals surface area contributed by atoms with Crippen LogP contribution in [-0.4, -0.2) is 15.3 Å².